The first-order chi connectivity index (χ1) is 10.6. The lowest BCUT2D eigenvalue weighted by molar-refractivity contribution is 0.0693. The predicted octanol–water partition coefficient (Wildman–Crippen LogP) is 1.99. The van der Waals surface area contributed by atoms with E-state index in [1.54, 1.807) is 12.1 Å². The fourth-order valence-corrected chi connectivity index (χ4v) is 2.64. The van der Waals surface area contributed by atoms with Crippen molar-refractivity contribution in [1.29, 1.82) is 0 Å². The molecule has 0 aliphatic carbocycles. The molecule has 6 nitrogen and oxygen atoms in total. The van der Waals surface area contributed by atoms with Crippen molar-refractivity contribution in [2.45, 2.75) is 0 Å². The lowest BCUT2D eigenvalue weighted by Gasteiger charge is -2.04. The molecule has 0 unspecified atom stereocenters. The van der Waals surface area contributed by atoms with Crippen LogP contribution in [-0.4, -0.2) is 38.9 Å². The van der Waals surface area contributed by atoms with Gasteiger partial charge in [0.05, 0.1) is 22.2 Å². The molecule has 0 saturated heterocycles. The van der Waals surface area contributed by atoms with Crippen LogP contribution >= 0.6 is 0 Å². The molecule has 7 heteroatoms. The van der Waals surface area contributed by atoms with Gasteiger partial charge in [-0.15, -0.1) is 0 Å². The molecule has 108 valence electrons. The van der Waals surface area contributed by atoms with E-state index < -0.39 is 5.91 Å². The Hall–Kier alpha value is -3.09. The van der Waals surface area contributed by atoms with Crippen molar-refractivity contribution in [3.63, 3.8) is 0 Å². The summed E-state index contributed by atoms with van der Waals surface area (Å²) in [5, 5.41) is 7.36. The molecule has 0 saturated carbocycles. The highest BCUT2D eigenvalue weighted by Gasteiger charge is 2.36. The van der Waals surface area contributed by atoms with E-state index in [2.05, 4.69) is 15.2 Å². The van der Waals surface area contributed by atoms with Gasteiger partial charge in [-0.05, 0) is 24.3 Å². The monoisotopic (exact) mass is 296 g/mol. The summed E-state index contributed by atoms with van der Waals surface area (Å²) in [7, 11) is 1.42. The normalized spacial score (nSPS) is 14.0. The van der Waals surface area contributed by atoms with Crippen molar-refractivity contribution in [2.75, 3.05) is 7.05 Å². The summed E-state index contributed by atoms with van der Waals surface area (Å²) in [6.07, 6.45) is 1.36. The van der Waals surface area contributed by atoms with Gasteiger partial charge < -0.3 is 0 Å². The van der Waals surface area contributed by atoms with Crippen LogP contribution in [0.25, 0.3) is 22.3 Å². The molecule has 1 aliphatic rings. The van der Waals surface area contributed by atoms with Crippen LogP contribution < -0.4 is 0 Å². The van der Waals surface area contributed by atoms with E-state index in [1.807, 2.05) is 0 Å². The van der Waals surface area contributed by atoms with Gasteiger partial charge in [0.15, 0.2) is 5.65 Å². The maximum Gasteiger partial charge on any atom is 0.262 e. The van der Waals surface area contributed by atoms with Gasteiger partial charge in [0.2, 0.25) is 0 Å². The molecule has 2 amide bonds. The number of benzene rings is 1. The Morgan fingerprint density at radius 2 is 1.86 bits per heavy atom. The van der Waals surface area contributed by atoms with Gasteiger partial charge in [-0.2, -0.15) is 5.10 Å². The number of hydrogen-bond acceptors (Lipinski definition) is 4. The first kappa shape index (κ1) is 12.6. The van der Waals surface area contributed by atoms with Gasteiger partial charge in [-0.3, -0.25) is 19.6 Å². The number of carbonyl (C=O) groups excluding carboxylic acids is 2. The maximum atomic E-state index is 13.1. The predicted molar refractivity (Wildman–Crippen MR) is 75.7 cm³/mol. The standard InChI is InChI=1S/C15H9FN4O2/c1-20-14(21)9-6-17-13-11(10(9)15(20)22)12(18-19-13)7-2-4-8(16)5-3-7/h2-6H,1H3,(H,17,18,19). The van der Waals surface area contributed by atoms with E-state index in [9.17, 15) is 14.0 Å². The van der Waals surface area contributed by atoms with Crippen LogP contribution in [0.1, 0.15) is 20.7 Å². The first-order valence-corrected chi connectivity index (χ1v) is 6.53. The number of rotatable bonds is 1. The highest BCUT2D eigenvalue weighted by atomic mass is 19.1. The third-order valence-corrected chi connectivity index (χ3v) is 3.77. The van der Waals surface area contributed by atoms with Gasteiger partial charge in [0, 0.05) is 18.8 Å². The molecule has 0 radical (unpaired) electrons. The highest BCUT2D eigenvalue weighted by Crippen LogP contribution is 2.33. The number of imide groups is 1. The minimum absolute atomic E-state index is 0.254. The maximum absolute atomic E-state index is 13.1. The summed E-state index contributed by atoms with van der Waals surface area (Å²) < 4.78 is 13.1. The number of nitrogens with zero attached hydrogens (tertiary/aromatic N) is 3. The number of hydrogen-bond donors (Lipinski definition) is 1. The number of amides is 2. The van der Waals surface area contributed by atoms with E-state index in [4.69, 9.17) is 0 Å². The summed E-state index contributed by atoms with van der Waals surface area (Å²) in [6.45, 7) is 0. The van der Waals surface area contributed by atoms with Crippen molar-refractivity contribution >= 4 is 22.8 Å². The van der Waals surface area contributed by atoms with Crippen LogP contribution in [0.5, 0.6) is 0 Å². The lowest BCUT2D eigenvalue weighted by atomic mass is 10.0. The first-order valence-electron chi connectivity index (χ1n) is 6.53. The number of aromatic amines is 1. The average molecular weight is 296 g/mol. The molecular formula is C15H9FN4O2. The molecule has 0 fully saturated rings. The molecule has 1 N–H and O–H groups in total. The topological polar surface area (TPSA) is 79.0 Å². The summed E-state index contributed by atoms with van der Waals surface area (Å²) in [5.74, 6) is -1.14. The largest absolute Gasteiger partial charge is 0.277 e. The van der Waals surface area contributed by atoms with Gasteiger partial charge in [-0.25, -0.2) is 9.37 Å². The average Bonchev–Trinajstić information content (AvgIpc) is 3.04. The third kappa shape index (κ3) is 1.53. The van der Waals surface area contributed by atoms with Crippen molar-refractivity contribution in [1.82, 2.24) is 20.1 Å². The zero-order valence-electron chi connectivity index (χ0n) is 11.4. The fraction of sp³-hybridized carbons (Fsp3) is 0.0667. The molecule has 4 rings (SSSR count). The van der Waals surface area contributed by atoms with Crippen LogP contribution in [0.4, 0.5) is 4.39 Å². The number of H-pyrrole nitrogens is 1. The zero-order chi connectivity index (χ0) is 15.4. The van der Waals surface area contributed by atoms with Crippen LogP contribution in [-0.2, 0) is 0 Å². The smallest absolute Gasteiger partial charge is 0.262 e. The molecule has 1 aromatic carbocycles. The minimum Gasteiger partial charge on any atom is -0.277 e. The number of carbonyl (C=O) groups is 2. The molecule has 0 spiro atoms. The van der Waals surface area contributed by atoms with Crippen molar-refractivity contribution in [3.8, 4) is 11.3 Å². The Labute approximate surface area is 123 Å². The second-order valence-electron chi connectivity index (χ2n) is 5.02. The molecule has 2 aromatic heterocycles. The van der Waals surface area contributed by atoms with Crippen LogP contribution in [0.15, 0.2) is 30.5 Å². The van der Waals surface area contributed by atoms with Gasteiger partial charge in [0.1, 0.15) is 5.82 Å². The zero-order valence-corrected chi connectivity index (χ0v) is 11.4. The molecule has 3 heterocycles. The summed E-state index contributed by atoms with van der Waals surface area (Å²) >= 11 is 0. The van der Waals surface area contributed by atoms with Crippen LogP contribution in [0.2, 0.25) is 0 Å². The summed E-state index contributed by atoms with van der Waals surface area (Å²) in [6, 6.07) is 5.79. The number of halogens is 1. The Morgan fingerprint density at radius 1 is 1.14 bits per heavy atom. The second-order valence-corrected chi connectivity index (χ2v) is 5.02. The molecule has 22 heavy (non-hydrogen) atoms. The van der Waals surface area contributed by atoms with E-state index in [0.717, 1.165) is 4.90 Å². The summed E-state index contributed by atoms with van der Waals surface area (Å²) in [4.78, 5) is 29.6. The Balaban J connectivity index is 2.05. The van der Waals surface area contributed by atoms with E-state index in [-0.39, 0.29) is 22.9 Å². The van der Waals surface area contributed by atoms with Crippen molar-refractivity contribution in [2.24, 2.45) is 0 Å². The van der Waals surface area contributed by atoms with Crippen molar-refractivity contribution < 1.29 is 14.0 Å². The Morgan fingerprint density at radius 3 is 2.59 bits per heavy atom. The van der Waals surface area contributed by atoms with Crippen LogP contribution in [0.3, 0.4) is 0 Å². The second kappa shape index (κ2) is 4.20. The van der Waals surface area contributed by atoms with Gasteiger partial charge in [-0.1, -0.05) is 0 Å². The Kier molecular flexibility index (Phi) is 2.41. The summed E-state index contributed by atoms with van der Waals surface area (Å²) in [5.41, 5.74) is 2.08. The molecule has 0 atom stereocenters. The highest BCUT2D eigenvalue weighted by molar-refractivity contribution is 6.27. The van der Waals surface area contributed by atoms with E-state index >= 15 is 0 Å². The Bertz CT molecular complexity index is 946. The molecule has 0 bridgehead atoms. The number of aromatic nitrogens is 3. The number of pyridine rings is 1. The van der Waals surface area contributed by atoms with Gasteiger partial charge in [0.25, 0.3) is 11.8 Å². The van der Waals surface area contributed by atoms with Crippen LogP contribution in [0, 0.1) is 5.82 Å². The quantitative estimate of drug-likeness (QED) is 0.696. The molecule has 3 aromatic rings. The van der Waals surface area contributed by atoms with E-state index in [1.165, 1.54) is 25.4 Å². The van der Waals surface area contributed by atoms with Gasteiger partial charge >= 0.3 is 0 Å². The molecule has 1 aliphatic heterocycles. The van der Waals surface area contributed by atoms with E-state index in [0.29, 0.717) is 22.3 Å². The molecular weight excluding hydrogens is 287 g/mol. The number of nitrogens with one attached hydrogen (secondary N) is 1. The third-order valence-electron chi connectivity index (χ3n) is 3.77. The lowest BCUT2D eigenvalue weighted by Crippen LogP contribution is -2.24. The SMILES string of the molecule is CN1C(=O)c2cnc3n[nH]c(-c4ccc(F)cc4)c3c2C1=O. The minimum atomic E-state index is -0.392. The number of fused-ring (bicyclic) bond motifs is 3. The fourth-order valence-electron chi connectivity index (χ4n) is 2.64. The van der Waals surface area contributed by atoms with Crippen molar-refractivity contribution in [3.05, 3.63) is 47.4 Å².